The van der Waals surface area contributed by atoms with E-state index in [1.165, 1.54) is 25.7 Å². The topological polar surface area (TPSA) is 0 Å². The van der Waals surface area contributed by atoms with Gasteiger partial charge in [0.1, 0.15) is 0 Å². The molecular weight excluding hydrogens is 263 g/mol. The molecule has 78 valence electrons. The van der Waals surface area contributed by atoms with Gasteiger partial charge in [0.15, 0.2) is 0 Å². The average molecular weight is 290 g/mol. The molecule has 0 aromatic heterocycles. The van der Waals surface area contributed by atoms with Gasteiger partial charge in [0, 0.05) is 0 Å². The van der Waals surface area contributed by atoms with Gasteiger partial charge < -0.3 is 0 Å². The van der Waals surface area contributed by atoms with Crippen LogP contribution in [0.3, 0.4) is 0 Å². The van der Waals surface area contributed by atoms with E-state index in [2.05, 4.69) is 20.8 Å². The SMILES string of the molecule is CCCC[CH2][Sn+]([CH2]C)[CH2]CCCC. The third-order valence-corrected chi connectivity index (χ3v) is 11.7. The van der Waals surface area contributed by atoms with Crippen molar-refractivity contribution in [3.63, 3.8) is 0 Å². The zero-order valence-corrected chi connectivity index (χ0v) is 12.7. The van der Waals surface area contributed by atoms with Crippen molar-refractivity contribution in [1.29, 1.82) is 0 Å². The molecule has 0 aromatic rings. The number of rotatable bonds is 9. The van der Waals surface area contributed by atoms with E-state index in [0.717, 1.165) is 0 Å². The molecule has 0 aliphatic heterocycles. The molecule has 0 amide bonds. The Labute approximate surface area is 92.2 Å². The van der Waals surface area contributed by atoms with Crippen molar-refractivity contribution in [3.05, 3.63) is 0 Å². The Kier molecular flexibility index (Phi) is 11.5. The van der Waals surface area contributed by atoms with Crippen LogP contribution in [0.15, 0.2) is 0 Å². The second-order valence-electron chi connectivity index (χ2n) is 4.02. The van der Waals surface area contributed by atoms with Crippen molar-refractivity contribution in [1.82, 2.24) is 0 Å². The van der Waals surface area contributed by atoms with Gasteiger partial charge in [0.2, 0.25) is 0 Å². The third-order valence-electron chi connectivity index (χ3n) is 2.77. The molecule has 0 saturated carbocycles. The molecule has 0 heterocycles. The Morgan fingerprint density at radius 1 is 0.692 bits per heavy atom. The summed E-state index contributed by atoms with van der Waals surface area (Å²) < 4.78 is 4.95. The summed E-state index contributed by atoms with van der Waals surface area (Å²) in [5, 5.41) is 0. The maximum atomic E-state index is 2.44. The van der Waals surface area contributed by atoms with Crippen molar-refractivity contribution in [3.8, 4) is 0 Å². The molecule has 0 aromatic carbocycles. The van der Waals surface area contributed by atoms with Crippen molar-refractivity contribution in [2.45, 2.75) is 72.6 Å². The fourth-order valence-electron chi connectivity index (χ4n) is 1.73. The Morgan fingerprint density at radius 2 is 1.15 bits per heavy atom. The van der Waals surface area contributed by atoms with E-state index < -0.39 is 19.8 Å². The molecule has 0 spiro atoms. The molecular formula is C12H27Sn+. The van der Waals surface area contributed by atoms with Crippen LogP contribution in [0.5, 0.6) is 0 Å². The third kappa shape index (κ3) is 9.11. The Hall–Kier alpha value is 0.799. The molecule has 13 heavy (non-hydrogen) atoms. The second kappa shape index (κ2) is 10.9. The predicted molar refractivity (Wildman–Crippen MR) is 64.9 cm³/mol. The van der Waals surface area contributed by atoms with Gasteiger partial charge in [-0.25, -0.2) is 0 Å². The summed E-state index contributed by atoms with van der Waals surface area (Å²) in [6.07, 6.45) is 8.86. The first-order valence-electron chi connectivity index (χ1n) is 6.18. The van der Waals surface area contributed by atoms with Gasteiger partial charge in [-0.05, 0) is 0 Å². The molecule has 0 N–H and O–H groups in total. The van der Waals surface area contributed by atoms with Crippen LogP contribution in [0.2, 0.25) is 13.3 Å². The monoisotopic (exact) mass is 291 g/mol. The minimum atomic E-state index is -0.818. The molecule has 0 aliphatic rings. The first-order valence-corrected chi connectivity index (χ1v) is 12.2. The maximum absolute atomic E-state index is 2.44. The number of hydrogen-bond donors (Lipinski definition) is 0. The first-order chi connectivity index (χ1) is 6.35. The van der Waals surface area contributed by atoms with E-state index >= 15 is 0 Å². The Balaban J connectivity index is 3.28. The van der Waals surface area contributed by atoms with Crippen molar-refractivity contribution in [2.24, 2.45) is 0 Å². The average Bonchev–Trinajstić information content (AvgIpc) is 2.16. The van der Waals surface area contributed by atoms with Gasteiger partial charge in [-0.15, -0.1) is 0 Å². The molecule has 0 unspecified atom stereocenters. The molecule has 0 atom stereocenters. The van der Waals surface area contributed by atoms with Crippen LogP contribution in [0.25, 0.3) is 0 Å². The summed E-state index contributed by atoms with van der Waals surface area (Å²) >= 11 is -0.818. The molecule has 0 rings (SSSR count). The van der Waals surface area contributed by atoms with E-state index in [1.54, 1.807) is 26.2 Å². The number of unbranched alkanes of at least 4 members (excludes halogenated alkanes) is 4. The summed E-state index contributed by atoms with van der Waals surface area (Å²) in [7, 11) is 0. The molecule has 0 fully saturated rings. The quantitative estimate of drug-likeness (QED) is 0.419. The molecule has 0 aliphatic carbocycles. The first kappa shape index (κ1) is 13.8. The standard InChI is InChI=1S/2C5H11.C2H5.Sn/c2*1-3-5-4-2;1-2;/h2*1,3-5H2,2H3;1H2,2H3;/q;;;+1. The van der Waals surface area contributed by atoms with Crippen molar-refractivity contribution < 1.29 is 0 Å². The normalized spacial score (nSPS) is 10.4. The van der Waals surface area contributed by atoms with E-state index in [1.807, 2.05) is 0 Å². The molecule has 0 bridgehead atoms. The van der Waals surface area contributed by atoms with Crippen LogP contribution in [0, 0.1) is 0 Å². The van der Waals surface area contributed by atoms with E-state index in [0.29, 0.717) is 0 Å². The van der Waals surface area contributed by atoms with Crippen molar-refractivity contribution in [2.75, 3.05) is 0 Å². The fourth-order valence-corrected chi connectivity index (χ4v) is 8.74. The van der Waals surface area contributed by atoms with E-state index in [-0.39, 0.29) is 0 Å². The summed E-state index contributed by atoms with van der Waals surface area (Å²) in [5.41, 5.74) is 0. The van der Waals surface area contributed by atoms with Gasteiger partial charge in [-0.3, -0.25) is 0 Å². The molecule has 0 nitrogen and oxygen atoms in total. The molecule has 0 saturated heterocycles. The van der Waals surface area contributed by atoms with Gasteiger partial charge in [-0.2, -0.15) is 0 Å². The van der Waals surface area contributed by atoms with E-state index in [4.69, 9.17) is 0 Å². The fraction of sp³-hybridized carbons (Fsp3) is 1.00. The zero-order chi connectivity index (χ0) is 9.94. The van der Waals surface area contributed by atoms with Gasteiger partial charge in [-0.1, -0.05) is 0 Å². The summed E-state index contributed by atoms with van der Waals surface area (Å²) in [6, 6.07) is 0. The van der Waals surface area contributed by atoms with Crippen LogP contribution in [0.1, 0.15) is 59.3 Å². The molecule has 1 heteroatoms. The van der Waals surface area contributed by atoms with Crippen LogP contribution in [-0.4, -0.2) is 19.8 Å². The van der Waals surface area contributed by atoms with E-state index in [9.17, 15) is 0 Å². The minimum absolute atomic E-state index is 0.818. The summed E-state index contributed by atoms with van der Waals surface area (Å²) in [4.78, 5) is 0. The zero-order valence-electron chi connectivity index (χ0n) is 9.86. The summed E-state index contributed by atoms with van der Waals surface area (Å²) in [6.45, 7) is 7.06. The second-order valence-corrected chi connectivity index (χ2v) is 13.2. The van der Waals surface area contributed by atoms with Gasteiger partial charge >= 0.3 is 92.4 Å². The van der Waals surface area contributed by atoms with Gasteiger partial charge in [0.05, 0.1) is 0 Å². The van der Waals surface area contributed by atoms with Crippen molar-refractivity contribution >= 4 is 19.8 Å². The van der Waals surface area contributed by atoms with Crippen LogP contribution in [-0.2, 0) is 0 Å². The Morgan fingerprint density at radius 3 is 1.46 bits per heavy atom. The molecule has 0 radical (unpaired) electrons. The van der Waals surface area contributed by atoms with Crippen LogP contribution >= 0.6 is 0 Å². The summed E-state index contributed by atoms with van der Waals surface area (Å²) in [5.74, 6) is 0. The number of hydrogen-bond acceptors (Lipinski definition) is 0. The Bertz CT molecular complexity index is 81.1. The predicted octanol–water partition coefficient (Wildman–Crippen LogP) is 4.88. The van der Waals surface area contributed by atoms with Crippen LogP contribution < -0.4 is 0 Å². The van der Waals surface area contributed by atoms with Crippen LogP contribution in [0.4, 0.5) is 0 Å². The van der Waals surface area contributed by atoms with Gasteiger partial charge in [0.25, 0.3) is 0 Å².